The van der Waals surface area contributed by atoms with Crippen LogP contribution in [0.2, 0.25) is 0 Å². The van der Waals surface area contributed by atoms with Gasteiger partial charge in [0.2, 0.25) is 0 Å². The van der Waals surface area contributed by atoms with Crippen LogP contribution >= 0.6 is 0 Å². The van der Waals surface area contributed by atoms with E-state index < -0.39 is 5.82 Å². The lowest BCUT2D eigenvalue weighted by Gasteiger charge is -2.33. The number of hydrogen-bond acceptors (Lipinski definition) is 6. The number of nitrogens with one attached hydrogen (secondary N) is 1. The van der Waals surface area contributed by atoms with E-state index in [2.05, 4.69) is 15.3 Å². The highest BCUT2D eigenvalue weighted by molar-refractivity contribution is 5.92. The summed E-state index contributed by atoms with van der Waals surface area (Å²) in [7, 11) is 0. The Morgan fingerprint density at radius 3 is 2.44 bits per heavy atom. The van der Waals surface area contributed by atoms with Gasteiger partial charge in [-0.05, 0) is 19.1 Å². The molecule has 0 saturated carbocycles. The van der Waals surface area contributed by atoms with Gasteiger partial charge in [-0.2, -0.15) is 0 Å². The quantitative estimate of drug-likeness (QED) is 0.885. The number of nitrogens with zero attached hydrogens (tertiary/aromatic N) is 4. The van der Waals surface area contributed by atoms with Gasteiger partial charge in [0.15, 0.2) is 0 Å². The van der Waals surface area contributed by atoms with Crippen LogP contribution in [-0.2, 0) is 4.74 Å². The topological polar surface area (TPSA) is 87.7 Å². The minimum absolute atomic E-state index is 0.193. The second-order valence-electron chi connectivity index (χ2n) is 5.87. The van der Waals surface area contributed by atoms with E-state index in [1.165, 1.54) is 18.5 Å². The van der Waals surface area contributed by atoms with Crippen molar-refractivity contribution in [3.63, 3.8) is 0 Å². The molecule has 27 heavy (non-hydrogen) atoms. The van der Waals surface area contributed by atoms with Crippen molar-refractivity contribution in [2.45, 2.75) is 6.92 Å². The molecule has 1 aromatic heterocycles. The van der Waals surface area contributed by atoms with Crippen molar-refractivity contribution in [2.24, 2.45) is 0 Å². The molecule has 1 N–H and O–H groups in total. The largest absolute Gasteiger partial charge is 0.450 e. The van der Waals surface area contributed by atoms with Gasteiger partial charge in [-0.15, -0.1) is 0 Å². The van der Waals surface area contributed by atoms with Crippen molar-refractivity contribution >= 4 is 23.5 Å². The average molecular weight is 373 g/mol. The van der Waals surface area contributed by atoms with E-state index in [4.69, 9.17) is 4.74 Å². The Balaban J connectivity index is 1.58. The maximum absolute atomic E-state index is 13.7. The van der Waals surface area contributed by atoms with Crippen LogP contribution < -0.4 is 5.32 Å². The zero-order valence-corrected chi connectivity index (χ0v) is 14.9. The van der Waals surface area contributed by atoms with E-state index in [0.717, 1.165) is 0 Å². The Bertz CT molecular complexity index is 807. The molecule has 1 saturated heterocycles. The zero-order valence-electron chi connectivity index (χ0n) is 14.9. The molecule has 8 nitrogen and oxygen atoms in total. The number of para-hydroxylation sites is 1. The van der Waals surface area contributed by atoms with E-state index in [9.17, 15) is 14.0 Å². The molecule has 0 unspecified atom stereocenters. The van der Waals surface area contributed by atoms with E-state index >= 15 is 0 Å². The highest BCUT2D eigenvalue weighted by Crippen LogP contribution is 2.17. The SMILES string of the molecule is CCOC(=O)N1CCN(C(=O)c2cnc(Nc3ccccc3F)cn2)CC1. The molecule has 0 spiro atoms. The summed E-state index contributed by atoms with van der Waals surface area (Å²) >= 11 is 0. The van der Waals surface area contributed by atoms with E-state index in [-0.39, 0.29) is 23.4 Å². The van der Waals surface area contributed by atoms with E-state index in [1.54, 1.807) is 34.9 Å². The van der Waals surface area contributed by atoms with Crippen molar-refractivity contribution < 1.29 is 18.7 Å². The molecule has 1 aliphatic heterocycles. The maximum atomic E-state index is 13.7. The van der Waals surface area contributed by atoms with Gasteiger partial charge in [-0.1, -0.05) is 12.1 Å². The van der Waals surface area contributed by atoms with Crippen LogP contribution in [-0.4, -0.2) is 64.6 Å². The molecule has 1 aromatic carbocycles. The van der Waals surface area contributed by atoms with Gasteiger partial charge >= 0.3 is 6.09 Å². The Hall–Kier alpha value is -3.23. The lowest BCUT2D eigenvalue weighted by atomic mass is 10.3. The summed E-state index contributed by atoms with van der Waals surface area (Å²) in [5.74, 6) is -0.328. The number of carbonyl (C=O) groups is 2. The number of halogens is 1. The predicted molar refractivity (Wildman–Crippen MR) is 96.2 cm³/mol. The van der Waals surface area contributed by atoms with Gasteiger partial charge in [0, 0.05) is 26.2 Å². The fraction of sp³-hybridized carbons (Fsp3) is 0.333. The van der Waals surface area contributed by atoms with Crippen molar-refractivity contribution in [3.05, 3.63) is 48.2 Å². The number of aromatic nitrogens is 2. The van der Waals surface area contributed by atoms with Crippen LogP contribution in [0.1, 0.15) is 17.4 Å². The molecule has 1 fully saturated rings. The molecule has 142 valence electrons. The predicted octanol–water partition coefficient (Wildman–Crippen LogP) is 2.27. The van der Waals surface area contributed by atoms with E-state index in [1.807, 2.05) is 0 Å². The van der Waals surface area contributed by atoms with Gasteiger partial charge in [-0.3, -0.25) is 4.79 Å². The van der Waals surface area contributed by atoms with Gasteiger partial charge in [0.25, 0.3) is 5.91 Å². The normalized spacial score (nSPS) is 14.0. The molecule has 0 radical (unpaired) electrons. The first-order valence-corrected chi connectivity index (χ1v) is 8.63. The van der Waals surface area contributed by atoms with Gasteiger partial charge < -0.3 is 19.9 Å². The average Bonchev–Trinajstić information content (AvgIpc) is 2.70. The van der Waals surface area contributed by atoms with Crippen molar-refractivity contribution in [3.8, 4) is 0 Å². The van der Waals surface area contributed by atoms with Crippen LogP contribution in [0, 0.1) is 5.82 Å². The smallest absolute Gasteiger partial charge is 0.409 e. The number of carbonyl (C=O) groups excluding carboxylic acids is 2. The monoisotopic (exact) mass is 373 g/mol. The lowest BCUT2D eigenvalue weighted by molar-refractivity contribution is 0.0565. The van der Waals surface area contributed by atoms with Gasteiger partial charge in [-0.25, -0.2) is 19.2 Å². The maximum Gasteiger partial charge on any atom is 0.409 e. The summed E-state index contributed by atoms with van der Waals surface area (Å²) in [5.41, 5.74) is 0.472. The fourth-order valence-electron chi connectivity index (χ4n) is 2.67. The Labute approximate surface area is 156 Å². The fourth-order valence-corrected chi connectivity index (χ4v) is 2.67. The highest BCUT2D eigenvalue weighted by Gasteiger charge is 2.26. The zero-order chi connectivity index (χ0) is 19.2. The van der Waals surface area contributed by atoms with Crippen LogP contribution in [0.4, 0.5) is 20.7 Å². The lowest BCUT2D eigenvalue weighted by Crippen LogP contribution is -2.50. The highest BCUT2D eigenvalue weighted by atomic mass is 19.1. The Kier molecular flexibility index (Phi) is 5.80. The Morgan fingerprint density at radius 1 is 1.11 bits per heavy atom. The number of piperazine rings is 1. The minimum atomic E-state index is -0.404. The Morgan fingerprint density at radius 2 is 1.81 bits per heavy atom. The molecule has 0 bridgehead atoms. The summed E-state index contributed by atoms with van der Waals surface area (Å²) in [5, 5.41) is 2.82. The molecule has 2 amide bonds. The van der Waals surface area contributed by atoms with Crippen molar-refractivity contribution in [2.75, 3.05) is 38.1 Å². The van der Waals surface area contributed by atoms with Gasteiger partial charge in [0.05, 0.1) is 24.7 Å². The van der Waals surface area contributed by atoms with Crippen LogP contribution in [0.5, 0.6) is 0 Å². The molecule has 9 heteroatoms. The molecule has 0 atom stereocenters. The number of amides is 2. The molecule has 2 aromatic rings. The molecular formula is C18H20FN5O3. The first kappa shape index (κ1) is 18.6. The number of hydrogen-bond donors (Lipinski definition) is 1. The number of anilines is 2. The third-order valence-electron chi connectivity index (χ3n) is 4.10. The van der Waals surface area contributed by atoms with E-state index in [0.29, 0.717) is 38.6 Å². The summed E-state index contributed by atoms with van der Waals surface area (Å²) < 4.78 is 18.6. The number of rotatable bonds is 4. The summed E-state index contributed by atoms with van der Waals surface area (Å²) in [6.45, 7) is 3.68. The third kappa shape index (κ3) is 4.49. The van der Waals surface area contributed by atoms with Crippen molar-refractivity contribution in [1.82, 2.24) is 19.8 Å². The van der Waals surface area contributed by atoms with Crippen molar-refractivity contribution in [1.29, 1.82) is 0 Å². The first-order valence-electron chi connectivity index (χ1n) is 8.63. The minimum Gasteiger partial charge on any atom is -0.450 e. The number of benzene rings is 1. The second-order valence-corrected chi connectivity index (χ2v) is 5.87. The van der Waals surface area contributed by atoms with Crippen LogP contribution in [0.15, 0.2) is 36.7 Å². The second kappa shape index (κ2) is 8.43. The molecule has 2 heterocycles. The van der Waals surface area contributed by atoms with Gasteiger partial charge in [0.1, 0.15) is 17.3 Å². The summed E-state index contributed by atoms with van der Waals surface area (Å²) in [4.78, 5) is 35.7. The van der Waals surface area contributed by atoms with Crippen LogP contribution in [0.25, 0.3) is 0 Å². The molecule has 0 aliphatic carbocycles. The van der Waals surface area contributed by atoms with Crippen LogP contribution in [0.3, 0.4) is 0 Å². The molecule has 1 aliphatic rings. The summed E-state index contributed by atoms with van der Waals surface area (Å²) in [6.07, 6.45) is 2.37. The first-order chi connectivity index (χ1) is 13.1. The molecular weight excluding hydrogens is 353 g/mol. The third-order valence-corrected chi connectivity index (χ3v) is 4.10. The molecule has 3 rings (SSSR count). The summed E-state index contributed by atoms with van der Waals surface area (Å²) in [6, 6.07) is 6.21. The standard InChI is InChI=1S/C18H20FN5O3/c1-2-27-18(26)24-9-7-23(8-10-24)17(25)15-11-21-16(12-20-15)22-14-6-4-3-5-13(14)19/h3-6,11-12H,2,7-10H2,1H3,(H,21,22). The number of ether oxygens (including phenoxy) is 1.